The molecule has 0 atom stereocenters. The molecule has 1 aliphatic carbocycles. The van der Waals surface area contributed by atoms with E-state index in [1.165, 1.54) is 18.5 Å². The van der Waals surface area contributed by atoms with Crippen molar-refractivity contribution in [3.05, 3.63) is 24.0 Å². The number of carboxylic acids is 1. The van der Waals surface area contributed by atoms with Gasteiger partial charge >= 0.3 is 5.97 Å². The third-order valence-electron chi connectivity index (χ3n) is 3.31. The molecule has 0 unspecified atom stereocenters. The molecule has 2 rings (SSSR count). The van der Waals surface area contributed by atoms with Crippen molar-refractivity contribution in [1.82, 2.24) is 4.98 Å². The summed E-state index contributed by atoms with van der Waals surface area (Å²) in [4.78, 5) is 15.0. The molecule has 1 aromatic heterocycles. The molecule has 0 saturated heterocycles. The van der Waals surface area contributed by atoms with E-state index in [2.05, 4.69) is 10.3 Å². The van der Waals surface area contributed by atoms with E-state index in [9.17, 15) is 9.90 Å². The molecule has 3 N–H and O–H groups in total. The molecule has 0 spiro atoms. The molecule has 1 aliphatic rings. The fourth-order valence-electron chi connectivity index (χ4n) is 2.34. The zero-order valence-corrected chi connectivity index (χ0v) is 9.52. The van der Waals surface area contributed by atoms with Crippen molar-refractivity contribution >= 4 is 11.7 Å². The number of aliphatic hydroxyl groups is 1. The summed E-state index contributed by atoms with van der Waals surface area (Å²) in [6.45, 7) is 0.0148. The normalized spacial score (nSPS) is 17.9. The summed E-state index contributed by atoms with van der Waals surface area (Å²) in [7, 11) is 0. The highest BCUT2D eigenvalue weighted by Crippen LogP contribution is 2.33. The Morgan fingerprint density at radius 2 is 2.18 bits per heavy atom. The Balaban J connectivity index is 2.26. The maximum Gasteiger partial charge on any atom is 0.337 e. The summed E-state index contributed by atoms with van der Waals surface area (Å²) in [6, 6.07) is 1.46. The van der Waals surface area contributed by atoms with E-state index in [4.69, 9.17) is 5.11 Å². The van der Waals surface area contributed by atoms with Crippen LogP contribution in [0.25, 0.3) is 0 Å². The lowest BCUT2D eigenvalue weighted by molar-refractivity contribution is 0.0697. The summed E-state index contributed by atoms with van der Waals surface area (Å²) < 4.78 is 0. The Hall–Kier alpha value is -1.62. The van der Waals surface area contributed by atoms with Crippen molar-refractivity contribution < 1.29 is 15.0 Å². The maximum absolute atomic E-state index is 11.1. The van der Waals surface area contributed by atoms with Gasteiger partial charge < -0.3 is 15.5 Å². The Morgan fingerprint density at radius 3 is 2.76 bits per heavy atom. The number of anilines is 1. The van der Waals surface area contributed by atoms with Crippen LogP contribution in [0, 0.1) is 0 Å². The van der Waals surface area contributed by atoms with E-state index in [0.717, 1.165) is 25.7 Å². The quantitative estimate of drug-likeness (QED) is 0.738. The first-order valence-electron chi connectivity index (χ1n) is 5.73. The number of nitrogens with zero attached hydrogens (tertiary/aromatic N) is 1. The molecule has 0 aromatic carbocycles. The molecule has 0 bridgehead atoms. The van der Waals surface area contributed by atoms with Crippen LogP contribution in [0.1, 0.15) is 36.0 Å². The van der Waals surface area contributed by atoms with Crippen molar-refractivity contribution in [2.45, 2.75) is 31.2 Å². The SMILES string of the molecule is O=C(O)c1ccncc1NC1(CO)CCCC1. The van der Waals surface area contributed by atoms with E-state index in [0.29, 0.717) is 5.69 Å². The lowest BCUT2D eigenvalue weighted by atomic mass is 9.98. The van der Waals surface area contributed by atoms with Crippen LogP contribution in [0.4, 0.5) is 5.69 Å². The van der Waals surface area contributed by atoms with Crippen LogP contribution in [0.5, 0.6) is 0 Å². The van der Waals surface area contributed by atoms with E-state index in [1.54, 1.807) is 0 Å². The second kappa shape index (κ2) is 4.71. The van der Waals surface area contributed by atoms with E-state index in [-0.39, 0.29) is 17.7 Å². The smallest absolute Gasteiger partial charge is 0.337 e. The fraction of sp³-hybridized carbons (Fsp3) is 0.500. The maximum atomic E-state index is 11.1. The minimum absolute atomic E-state index is 0.0148. The Morgan fingerprint density at radius 1 is 1.47 bits per heavy atom. The average molecular weight is 236 g/mol. The molecule has 1 aromatic rings. The third kappa shape index (κ3) is 2.39. The van der Waals surface area contributed by atoms with Gasteiger partial charge in [-0.05, 0) is 18.9 Å². The van der Waals surface area contributed by atoms with Gasteiger partial charge in [-0.3, -0.25) is 4.98 Å². The largest absolute Gasteiger partial charge is 0.478 e. The van der Waals surface area contributed by atoms with Crippen LogP contribution in [0.2, 0.25) is 0 Å². The summed E-state index contributed by atoms with van der Waals surface area (Å²) in [5.41, 5.74) is 0.295. The molecule has 0 amide bonds. The van der Waals surface area contributed by atoms with Gasteiger partial charge in [0.15, 0.2) is 0 Å². The number of aromatic nitrogens is 1. The second-order valence-corrected chi connectivity index (χ2v) is 4.50. The van der Waals surface area contributed by atoms with Crippen molar-refractivity contribution in [3.63, 3.8) is 0 Å². The van der Waals surface area contributed by atoms with Crippen molar-refractivity contribution in [2.75, 3.05) is 11.9 Å². The Labute approximate surface area is 99.5 Å². The van der Waals surface area contributed by atoms with Crippen LogP contribution >= 0.6 is 0 Å². The number of aliphatic hydroxyl groups excluding tert-OH is 1. The number of nitrogens with one attached hydrogen (secondary N) is 1. The third-order valence-corrected chi connectivity index (χ3v) is 3.31. The summed E-state index contributed by atoms with van der Waals surface area (Å²) in [5.74, 6) is -0.985. The summed E-state index contributed by atoms with van der Waals surface area (Å²) >= 11 is 0. The highest BCUT2D eigenvalue weighted by molar-refractivity contribution is 5.94. The Kier molecular flexibility index (Phi) is 3.28. The molecule has 1 fully saturated rings. The van der Waals surface area contributed by atoms with Gasteiger partial charge in [0.2, 0.25) is 0 Å². The zero-order valence-electron chi connectivity index (χ0n) is 9.52. The molecular weight excluding hydrogens is 220 g/mol. The number of rotatable bonds is 4. The van der Waals surface area contributed by atoms with Crippen LogP contribution in [0.15, 0.2) is 18.5 Å². The summed E-state index contributed by atoms with van der Waals surface area (Å²) in [6.07, 6.45) is 6.77. The minimum atomic E-state index is -0.985. The van der Waals surface area contributed by atoms with E-state index >= 15 is 0 Å². The predicted octanol–water partition coefficient (Wildman–Crippen LogP) is 1.50. The minimum Gasteiger partial charge on any atom is -0.478 e. The summed E-state index contributed by atoms with van der Waals surface area (Å²) in [5, 5.41) is 21.7. The number of aromatic carboxylic acids is 1. The highest BCUT2D eigenvalue weighted by atomic mass is 16.4. The lowest BCUT2D eigenvalue weighted by Crippen LogP contribution is -2.39. The average Bonchev–Trinajstić information content (AvgIpc) is 2.79. The molecule has 1 saturated carbocycles. The topological polar surface area (TPSA) is 82.5 Å². The molecule has 1 heterocycles. The molecule has 0 aliphatic heterocycles. The first kappa shape index (κ1) is 11.9. The monoisotopic (exact) mass is 236 g/mol. The predicted molar refractivity (Wildman–Crippen MR) is 63.1 cm³/mol. The zero-order chi connectivity index (χ0) is 12.3. The van der Waals surface area contributed by atoms with Crippen LogP contribution in [0.3, 0.4) is 0 Å². The molecule has 17 heavy (non-hydrogen) atoms. The van der Waals surface area contributed by atoms with Crippen LogP contribution in [-0.4, -0.2) is 33.3 Å². The van der Waals surface area contributed by atoms with Crippen molar-refractivity contribution in [2.24, 2.45) is 0 Å². The lowest BCUT2D eigenvalue weighted by Gasteiger charge is -2.29. The van der Waals surface area contributed by atoms with Gasteiger partial charge in [-0.15, -0.1) is 0 Å². The van der Waals surface area contributed by atoms with Gasteiger partial charge in [0.05, 0.1) is 29.6 Å². The van der Waals surface area contributed by atoms with Crippen molar-refractivity contribution in [3.8, 4) is 0 Å². The molecular formula is C12H16N2O3. The molecule has 0 radical (unpaired) electrons. The van der Waals surface area contributed by atoms with Gasteiger partial charge in [0, 0.05) is 6.20 Å². The van der Waals surface area contributed by atoms with Crippen LogP contribution in [-0.2, 0) is 0 Å². The van der Waals surface area contributed by atoms with Crippen molar-refractivity contribution in [1.29, 1.82) is 0 Å². The number of pyridine rings is 1. The number of hydrogen-bond donors (Lipinski definition) is 3. The van der Waals surface area contributed by atoms with Gasteiger partial charge in [0.1, 0.15) is 0 Å². The second-order valence-electron chi connectivity index (χ2n) is 4.50. The fourth-order valence-corrected chi connectivity index (χ4v) is 2.34. The van der Waals surface area contributed by atoms with Gasteiger partial charge in [0.25, 0.3) is 0 Å². The highest BCUT2D eigenvalue weighted by Gasteiger charge is 2.33. The number of hydrogen-bond acceptors (Lipinski definition) is 4. The first-order chi connectivity index (χ1) is 8.17. The first-order valence-corrected chi connectivity index (χ1v) is 5.73. The van der Waals surface area contributed by atoms with E-state index < -0.39 is 5.97 Å². The molecule has 92 valence electrons. The van der Waals surface area contributed by atoms with Gasteiger partial charge in [-0.25, -0.2) is 4.79 Å². The molecule has 5 nitrogen and oxygen atoms in total. The number of carboxylic acid groups (broad SMARTS) is 1. The van der Waals surface area contributed by atoms with Crippen LogP contribution < -0.4 is 5.32 Å². The molecule has 5 heteroatoms. The van der Waals surface area contributed by atoms with Gasteiger partial charge in [-0.1, -0.05) is 12.8 Å². The number of carbonyl (C=O) groups is 1. The van der Waals surface area contributed by atoms with E-state index in [1.807, 2.05) is 0 Å². The standard InChI is InChI=1S/C12H16N2O3/c15-8-12(4-1-2-5-12)14-10-7-13-6-3-9(10)11(16)17/h3,6-7,14-15H,1-2,4-5,8H2,(H,16,17). The van der Waals surface area contributed by atoms with Gasteiger partial charge in [-0.2, -0.15) is 0 Å². The Bertz CT molecular complexity index is 414.